The number of benzene rings is 2. The first-order chi connectivity index (χ1) is 13.9. The van der Waals surface area contributed by atoms with Crippen molar-refractivity contribution >= 4 is 23.0 Å². The van der Waals surface area contributed by atoms with E-state index in [1.165, 1.54) is 7.11 Å². The molecule has 0 bridgehead atoms. The summed E-state index contributed by atoms with van der Waals surface area (Å²) in [6, 6.07) is 8.86. The zero-order valence-corrected chi connectivity index (χ0v) is 15.6. The number of carbonyl (C=O) groups excluding carboxylic acids is 1. The zero-order chi connectivity index (χ0) is 21.0. The Hall–Kier alpha value is -3.43. The third-order valence-electron chi connectivity index (χ3n) is 4.54. The van der Waals surface area contributed by atoms with Gasteiger partial charge in [-0.3, -0.25) is 14.9 Å². The third kappa shape index (κ3) is 4.71. The Morgan fingerprint density at radius 3 is 2.38 bits per heavy atom. The van der Waals surface area contributed by atoms with Crippen LogP contribution in [0.4, 0.5) is 25.8 Å². The summed E-state index contributed by atoms with van der Waals surface area (Å²) >= 11 is 0. The molecule has 0 aliphatic carbocycles. The Bertz CT molecular complexity index is 899. The first kappa shape index (κ1) is 20.3. The normalized spacial score (nSPS) is 13.4. The van der Waals surface area contributed by atoms with Crippen LogP contribution in [0.5, 0.6) is 11.5 Å². The Morgan fingerprint density at radius 2 is 1.83 bits per heavy atom. The summed E-state index contributed by atoms with van der Waals surface area (Å²) in [5.41, 5.74) is 0.463. The number of ether oxygens (including phenoxy) is 2. The number of nitrogens with one attached hydrogen (secondary N) is 1. The lowest BCUT2D eigenvalue weighted by atomic mass is 10.1. The highest BCUT2D eigenvalue weighted by Crippen LogP contribution is 2.36. The molecule has 29 heavy (non-hydrogen) atoms. The smallest absolute Gasteiger partial charge is 0.387 e. The Kier molecular flexibility index (Phi) is 6.10. The maximum atomic E-state index is 12.6. The molecule has 0 atom stereocenters. The third-order valence-corrected chi connectivity index (χ3v) is 4.54. The van der Waals surface area contributed by atoms with E-state index in [1.54, 1.807) is 12.1 Å². The van der Waals surface area contributed by atoms with Gasteiger partial charge >= 0.3 is 6.61 Å². The van der Waals surface area contributed by atoms with Gasteiger partial charge in [-0.1, -0.05) is 0 Å². The monoisotopic (exact) mass is 407 g/mol. The van der Waals surface area contributed by atoms with Gasteiger partial charge < -0.3 is 19.7 Å². The Morgan fingerprint density at radius 1 is 1.17 bits per heavy atom. The molecule has 0 radical (unpaired) electrons. The van der Waals surface area contributed by atoms with Crippen LogP contribution >= 0.6 is 0 Å². The highest BCUT2D eigenvalue weighted by molar-refractivity contribution is 6.07. The van der Waals surface area contributed by atoms with E-state index < -0.39 is 28.9 Å². The number of nitrogens with zero attached hydrogens (tertiary/aromatic N) is 2. The lowest BCUT2D eigenvalue weighted by Crippen LogP contribution is -2.18. The molecule has 0 spiro atoms. The Labute approximate surface area is 165 Å². The first-order valence-corrected chi connectivity index (χ1v) is 8.86. The van der Waals surface area contributed by atoms with E-state index in [1.807, 2.05) is 12.1 Å². The molecule has 1 saturated heterocycles. The first-order valence-electron chi connectivity index (χ1n) is 8.86. The van der Waals surface area contributed by atoms with Gasteiger partial charge in [-0.05, 0) is 37.1 Å². The molecule has 1 aliphatic heterocycles. The number of halogens is 2. The maximum absolute atomic E-state index is 12.6. The lowest BCUT2D eigenvalue weighted by Gasteiger charge is -2.18. The van der Waals surface area contributed by atoms with Crippen LogP contribution < -0.4 is 19.7 Å². The highest BCUT2D eigenvalue weighted by Gasteiger charge is 2.26. The van der Waals surface area contributed by atoms with Crippen molar-refractivity contribution in [2.75, 3.05) is 30.4 Å². The van der Waals surface area contributed by atoms with Gasteiger partial charge in [-0.25, -0.2) is 0 Å². The molecule has 154 valence electrons. The SMILES string of the molecule is COc1cc(C(=O)Nc2ccc(N3CCCC3)cc2)c([N+](=O)[O-])cc1OC(F)F. The van der Waals surface area contributed by atoms with E-state index in [0.717, 1.165) is 43.8 Å². The molecule has 1 fully saturated rings. The number of amides is 1. The average molecular weight is 407 g/mol. The fourth-order valence-electron chi connectivity index (χ4n) is 3.16. The predicted octanol–water partition coefficient (Wildman–Crippen LogP) is 4.06. The quantitative estimate of drug-likeness (QED) is 0.550. The number of nitro groups is 1. The minimum absolute atomic E-state index is 0.217. The van der Waals surface area contributed by atoms with Crippen LogP contribution in [0.3, 0.4) is 0 Å². The second-order valence-electron chi connectivity index (χ2n) is 6.35. The molecular formula is C19H19F2N3O5. The molecule has 2 aromatic rings. The molecule has 1 N–H and O–H groups in total. The largest absolute Gasteiger partial charge is 0.493 e. The van der Waals surface area contributed by atoms with Crippen LogP contribution in [0, 0.1) is 10.1 Å². The number of alkyl halides is 2. The summed E-state index contributed by atoms with van der Waals surface area (Å²) in [4.78, 5) is 25.3. The van der Waals surface area contributed by atoms with Crippen LogP contribution in [0.1, 0.15) is 23.2 Å². The summed E-state index contributed by atoms with van der Waals surface area (Å²) in [7, 11) is 1.18. The summed E-state index contributed by atoms with van der Waals surface area (Å²) < 4.78 is 34.2. The molecule has 0 aromatic heterocycles. The van der Waals surface area contributed by atoms with Gasteiger partial charge in [0.2, 0.25) is 0 Å². The minimum Gasteiger partial charge on any atom is -0.493 e. The van der Waals surface area contributed by atoms with E-state index in [9.17, 15) is 23.7 Å². The van der Waals surface area contributed by atoms with Crippen molar-refractivity contribution in [1.29, 1.82) is 0 Å². The molecular weight excluding hydrogens is 388 g/mol. The number of carbonyl (C=O) groups is 1. The maximum Gasteiger partial charge on any atom is 0.387 e. The van der Waals surface area contributed by atoms with Crippen molar-refractivity contribution in [2.45, 2.75) is 19.5 Å². The molecule has 1 heterocycles. The van der Waals surface area contributed by atoms with Crippen LogP contribution in [-0.2, 0) is 0 Å². The van der Waals surface area contributed by atoms with Crippen molar-refractivity contribution in [2.24, 2.45) is 0 Å². The van der Waals surface area contributed by atoms with E-state index in [4.69, 9.17) is 4.74 Å². The number of anilines is 2. The molecule has 10 heteroatoms. The zero-order valence-electron chi connectivity index (χ0n) is 15.6. The summed E-state index contributed by atoms with van der Waals surface area (Å²) in [6.07, 6.45) is 2.27. The lowest BCUT2D eigenvalue weighted by molar-refractivity contribution is -0.385. The highest BCUT2D eigenvalue weighted by atomic mass is 19.3. The average Bonchev–Trinajstić information content (AvgIpc) is 3.22. The standard InChI is InChI=1S/C19H19F2N3O5/c1-28-16-10-14(15(24(26)27)11-17(16)29-19(20)21)18(25)22-12-4-6-13(7-5-12)23-8-2-3-9-23/h4-7,10-11,19H,2-3,8-9H2,1H3,(H,22,25). The van der Waals surface area contributed by atoms with Crippen molar-refractivity contribution in [1.82, 2.24) is 0 Å². The van der Waals surface area contributed by atoms with Gasteiger partial charge in [-0.2, -0.15) is 8.78 Å². The molecule has 0 saturated carbocycles. The molecule has 8 nitrogen and oxygen atoms in total. The van der Waals surface area contributed by atoms with Gasteiger partial charge in [0.25, 0.3) is 11.6 Å². The summed E-state index contributed by atoms with van der Waals surface area (Å²) in [6.45, 7) is -1.24. The number of hydrogen-bond donors (Lipinski definition) is 1. The predicted molar refractivity (Wildman–Crippen MR) is 102 cm³/mol. The van der Waals surface area contributed by atoms with Gasteiger partial charge in [0, 0.05) is 30.5 Å². The van der Waals surface area contributed by atoms with Crippen molar-refractivity contribution < 1.29 is 28.0 Å². The topological polar surface area (TPSA) is 93.9 Å². The van der Waals surface area contributed by atoms with Crippen LogP contribution in [0.25, 0.3) is 0 Å². The van der Waals surface area contributed by atoms with Gasteiger partial charge in [0.05, 0.1) is 18.1 Å². The van der Waals surface area contributed by atoms with Crippen LogP contribution in [0.15, 0.2) is 36.4 Å². The van der Waals surface area contributed by atoms with E-state index in [0.29, 0.717) is 5.69 Å². The molecule has 0 unspecified atom stereocenters. The van der Waals surface area contributed by atoms with Crippen molar-refractivity contribution in [3.8, 4) is 11.5 Å². The number of rotatable bonds is 7. The Balaban J connectivity index is 1.84. The van der Waals surface area contributed by atoms with Gasteiger partial charge in [0.15, 0.2) is 11.5 Å². The molecule has 3 rings (SSSR count). The van der Waals surface area contributed by atoms with Crippen LogP contribution in [0.2, 0.25) is 0 Å². The molecule has 1 aliphatic rings. The van der Waals surface area contributed by atoms with E-state index in [-0.39, 0.29) is 11.3 Å². The molecule has 1 amide bonds. The van der Waals surface area contributed by atoms with Crippen LogP contribution in [-0.4, -0.2) is 37.6 Å². The number of methoxy groups -OCH3 is 1. The van der Waals surface area contributed by atoms with Crippen molar-refractivity contribution in [3.05, 3.63) is 52.1 Å². The van der Waals surface area contributed by atoms with Gasteiger partial charge in [-0.15, -0.1) is 0 Å². The minimum atomic E-state index is -3.20. The number of hydrogen-bond acceptors (Lipinski definition) is 6. The fourth-order valence-corrected chi connectivity index (χ4v) is 3.16. The molecule has 2 aromatic carbocycles. The fraction of sp³-hybridized carbons (Fsp3) is 0.316. The van der Waals surface area contributed by atoms with Crippen molar-refractivity contribution in [3.63, 3.8) is 0 Å². The van der Waals surface area contributed by atoms with E-state index >= 15 is 0 Å². The van der Waals surface area contributed by atoms with E-state index in [2.05, 4.69) is 15.0 Å². The second-order valence-corrected chi connectivity index (χ2v) is 6.35. The van der Waals surface area contributed by atoms with Gasteiger partial charge in [0.1, 0.15) is 5.56 Å². The number of nitro benzene ring substituents is 1. The summed E-state index contributed by atoms with van der Waals surface area (Å²) in [5, 5.41) is 13.9. The second kappa shape index (κ2) is 8.72. The summed E-state index contributed by atoms with van der Waals surface area (Å²) in [5.74, 6) is -1.52.